The highest BCUT2D eigenvalue weighted by Gasteiger charge is 2.26. The van der Waals surface area contributed by atoms with Crippen molar-refractivity contribution < 1.29 is 14.4 Å². The van der Waals surface area contributed by atoms with Crippen molar-refractivity contribution in [3.63, 3.8) is 0 Å². The molecular weight excluding hydrogens is 402 g/mol. The third-order valence-corrected chi connectivity index (χ3v) is 5.56. The lowest BCUT2D eigenvalue weighted by Gasteiger charge is -2.35. The quantitative estimate of drug-likeness (QED) is 0.670. The van der Waals surface area contributed by atoms with E-state index in [0.717, 1.165) is 30.6 Å². The summed E-state index contributed by atoms with van der Waals surface area (Å²) in [6.45, 7) is 9.24. The van der Waals surface area contributed by atoms with Crippen LogP contribution in [0.4, 0.5) is 11.4 Å². The first kappa shape index (κ1) is 23.3. The zero-order valence-electron chi connectivity index (χ0n) is 19.1. The van der Waals surface area contributed by atoms with Gasteiger partial charge in [0.05, 0.1) is 0 Å². The number of carbonyl (C=O) groups is 3. The summed E-state index contributed by atoms with van der Waals surface area (Å²) < 4.78 is 0. The van der Waals surface area contributed by atoms with E-state index >= 15 is 0 Å². The molecule has 0 aliphatic carbocycles. The summed E-state index contributed by atoms with van der Waals surface area (Å²) in [5, 5.41) is 5.59. The van der Waals surface area contributed by atoms with Crippen molar-refractivity contribution in [2.24, 2.45) is 11.8 Å². The second-order valence-corrected chi connectivity index (χ2v) is 8.81. The fourth-order valence-corrected chi connectivity index (χ4v) is 4.13. The summed E-state index contributed by atoms with van der Waals surface area (Å²) in [5.41, 5.74) is 3.65. The van der Waals surface area contributed by atoms with E-state index in [0.29, 0.717) is 28.8 Å². The molecule has 32 heavy (non-hydrogen) atoms. The molecule has 1 saturated heterocycles. The number of hydrogen-bond donors (Lipinski definition) is 2. The summed E-state index contributed by atoms with van der Waals surface area (Å²) >= 11 is 0. The van der Waals surface area contributed by atoms with Gasteiger partial charge in [-0.3, -0.25) is 14.4 Å². The van der Waals surface area contributed by atoms with Crippen molar-refractivity contribution in [3.05, 3.63) is 65.2 Å². The minimum atomic E-state index is -0.274. The first-order valence-corrected chi connectivity index (χ1v) is 11.0. The lowest BCUT2D eigenvalue weighted by molar-refractivity contribution is -0.114. The number of likely N-dealkylation sites (tertiary alicyclic amines) is 1. The molecule has 0 saturated carbocycles. The Kier molecular flexibility index (Phi) is 7.46. The van der Waals surface area contributed by atoms with Crippen LogP contribution < -0.4 is 10.6 Å². The Bertz CT molecular complexity index is 1020. The van der Waals surface area contributed by atoms with Gasteiger partial charge >= 0.3 is 0 Å². The lowest BCUT2D eigenvalue weighted by Crippen LogP contribution is -2.42. The summed E-state index contributed by atoms with van der Waals surface area (Å²) in [6.07, 6.45) is 4.30. The third kappa shape index (κ3) is 6.30. The van der Waals surface area contributed by atoms with Gasteiger partial charge < -0.3 is 15.5 Å². The number of piperidine rings is 1. The zero-order valence-corrected chi connectivity index (χ0v) is 19.1. The van der Waals surface area contributed by atoms with E-state index in [1.165, 1.54) is 13.0 Å². The standard InChI is InChI=1S/C26H31N3O3/c1-17-13-18(2)16-29(15-17)26(32)22-9-5-19(3)24(14-22)28-25(31)12-8-21-6-10-23(11-7-21)27-20(4)30/h5-12,14,17-18H,13,15-16H2,1-4H3,(H,27,30)(H,28,31)/b12-8+. The maximum Gasteiger partial charge on any atom is 0.253 e. The molecule has 0 aromatic heterocycles. The molecule has 3 amide bonds. The van der Waals surface area contributed by atoms with Crippen molar-refractivity contribution >= 4 is 35.2 Å². The Labute approximate surface area is 189 Å². The molecule has 6 heteroatoms. The van der Waals surface area contributed by atoms with E-state index < -0.39 is 0 Å². The predicted molar refractivity (Wildman–Crippen MR) is 128 cm³/mol. The number of amides is 3. The number of hydrogen-bond acceptors (Lipinski definition) is 3. The molecule has 0 radical (unpaired) electrons. The molecule has 2 aromatic carbocycles. The third-order valence-electron chi connectivity index (χ3n) is 5.56. The van der Waals surface area contributed by atoms with Gasteiger partial charge in [-0.15, -0.1) is 0 Å². The highest BCUT2D eigenvalue weighted by molar-refractivity contribution is 6.03. The van der Waals surface area contributed by atoms with E-state index in [2.05, 4.69) is 24.5 Å². The monoisotopic (exact) mass is 433 g/mol. The highest BCUT2D eigenvalue weighted by atomic mass is 16.2. The lowest BCUT2D eigenvalue weighted by atomic mass is 9.91. The Morgan fingerprint density at radius 2 is 1.62 bits per heavy atom. The normalized spacial score (nSPS) is 18.4. The molecule has 1 aliphatic rings. The number of rotatable bonds is 5. The fourth-order valence-electron chi connectivity index (χ4n) is 4.13. The molecule has 3 rings (SSSR count). The predicted octanol–water partition coefficient (Wildman–Crippen LogP) is 4.72. The molecular formula is C26H31N3O3. The van der Waals surface area contributed by atoms with Crippen LogP contribution in [-0.2, 0) is 9.59 Å². The van der Waals surface area contributed by atoms with Crippen LogP contribution in [-0.4, -0.2) is 35.7 Å². The molecule has 2 aromatic rings. The smallest absolute Gasteiger partial charge is 0.253 e. The molecule has 168 valence electrons. The van der Waals surface area contributed by atoms with Crippen molar-refractivity contribution in [1.29, 1.82) is 0 Å². The Balaban J connectivity index is 1.66. The highest BCUT2D eigenvalue weighted by Crippen LogP contribution is 2.24. The Morgan fingerprint density at radius 1 is 0.969 bits per heavy atom. The molecule has 2 atom stereocenters. The van der Waals surface area contributed by atoms with Gasteiger partial charge in [-0.2, -0.15) is 0 Å². The Morgan fingerprint density at radius 3 is 2.25 bits per heavy atom. The number of carbonyl (C=O) groups excluding carboxylic acids is 3. The first-order chi connectivity index (χ1) is 15.2. The number of benzene rings is 2. The van der Waals surface area contributed by atoms with E-state index in [4.69, 9.17) is 0 Å². The minimum Gasteiger partial charge on any atom is -0.338 e. The average molecular weight is 434 g/mol. The minimum absolute atomic E-state index is 0.00806. The van der Waals surface area contributed by atoms with Crippen molar-refractivity contribution in [3.8, 4) is 0 Å². The van der Waals surface area contributed by atoms with Gasteiger partial charge in [-0.1, -0.05) is 32.0 Å². The summed E-state index contributed by atoms with van der Waals surface area (Å²) in [5.74, 6) is 0.583. The number of anilines is 2. The van der Waals surface area contributed by atoms with Crippen molar-refractivity contribution in [2.45, 2.75) is 34.1 Å². The van der Waals surface area contributed by atoms with E-state index in [1.807, 2.05) is 36.1 Å². The molecule has 2 unspecified atom stereocenters. The van der Waals surface area contributed by atoms with Gasteiger partial charge in [-0.25, -0.2) is 0 Å². The molecule has 2 N–H and O–H groups in total. The fraction of sp³-hybridized carbons (Fsp3) is 0.346. The molecule has 1 heterocycles. The van der Waals surface area contributed by atoms with E-state index in [1.54, 1.807) is 24.3 Å². The Hall–Kier alpha value is -3.41. The van der Waals surface area contributed by atoms with Crippen LogP contribution in [0.2, 0.25) is 0 Å². The van der Waals surface area contributed by atoms with Gasteiger partial charge in [0.1, 0.15) is 0 Å². The van der Waals surface area contributed by atoms with Crippen LogP contribution in [0.3, 0.4) is 0 Å². The summed E-state index contributed by atoms with van der Waals surface area (Å²) in [7, 11) is 0. The summed E-state index contributed by atoms with van der Waals surface area (Å²) in [6, 6.07) is 12.6. The van der Waals surface area contributed by atoms with Gasteiger partial charge in [0.15, 0.2) is 0 Å². The maximum absolute atomic E-state index is 13.0. The van der Waals surface area contributed by atoms with Gasteiger partial charge in [-0.05, 0) is 66.6 Å². The second kappa shape index (κ2) is 10.3. The van der Waals surface area contributed by atoms with Crippen LogP contribution >= 0.6 is 0 Å². The number of nitrogens with zero attached hydrogens (tertiary/aromatic N) is 1. The van der Waals surface area contributed by atoms with Crippen LogP contribution in [0.1, 0.15) is 48.7 Å². The molecule has 6 nitrogen and oxygen atoms in total. The average Bonchev–Trinajstić information content (AvgIpc) is 2.73. The van der Waals surface area contributed by atoms with Crippen LogP contribution in [0.5, 0.6) is 0 Å². The second-order valence-electron chi connectivity index (χ2n) is 8.81. The van der Waals surface area contributed by atoms with Crippen LogP contribution in [0.15, 0.2) is 48.5 Å². The van der Waals surface area contributed by atoms with Crippen molar-refractivity contribution in [2.75, 3.05) is 23.7 Å². The largest absolute Gasteiger partial charge is 0.338 e. The maximum atomic E-state index is 13.0. The SMILES string of the molecule is CC(=O)Nc1ccc(/C=C/C(=O)Nc2cc(C(=O)N3CC(C)CC(C)C3)ccc2C)cc1. The van der Waals surface area contributed by atoms with E-state index in [9.17, 15) is 14.4 Å². The van der Waals surface area contributed by atoms with Gasteiger partial charge in [0.2, 0.25) is 11.8 Å². The van der Waals surface area contributed by atoms with Crippen molar-refractivity contribution in [1.82, 2.24) is 4.90 Å². The van der Waals surface area contributed by atoms with Gasteiger partial charge in [0.25, 0.3) is 5.91 Å². The molecule has 0 bridgehead atoms. The topological polar surface area (TPSA) is 78.5 Å². The van der Waals surface area contributed by atoms with Crippen LogP contribution in [0.25, 0.3) is 6.08 Å². The summed E-state index contributed by atoms with van der Waals surface area (Å²) in [4.78, 5) is 38.5. The molecule has 0 spiro atoms. The zero-order chi connectivity index (χ0) is 23.3. The number of aryl methyl sites for hydroxylation is 1. The molecule has 1 fully saturated rings. The first-order valence-electron chi connectivity index (χ1n) is 11.0. The van der Waals surface area contributed by atoms with Crippen LogP contribution in [0, 0.1) is 18.8 Å². The van der Waals surface area contributed by atoms with Gasteiger partial charge in [0, 0.05) is 43.0 Å². The molecule has 1 aliphatic heterocycles. The van der Waals surface area contributed by atoms with E-state index in [-0.39, 0.29) is 17.7 Å². The number of nitrogens with one attached hydrogen (secondary N) is 2.